The molecule has 1 fully saturated rings. The number of hydrogen-bond acceptors (Lipinski definition) is 7. The van der Waals surface area contributed by atoms with Crippen molar-refractivity contribution in [3.63, 3.8) is 0 Å². The minimum atomic E-state index is -0.0270. The van der Waals surface area contributed by atoms with Crippen molar-refractivity contribution in [1.29, 1.82) is 0 Å². The highest BCUT2D eigenvalue weighted by Gasteiger charge is 2.20. The third-order valence-corrected chi connectivity index (χ3v) is 5.24. The Morgan fingerprint density at radius 2 is 1.88 bits per heavy atom. The molecule has 8 heteroatoms. The van der Waals surface area contributed by atoms with Crippen LogP contribution in [0.5, 0.6) is 5.75 Å². The molecule has 0 radical (unpaired) electrons. The molecule has 0 unspecified atom stereocenters. The van der Waals surface area contributed by atoms with Crippen molar-refractivity contribution in [1.82, 2.24) is 14.7 Å². The first-order valence-corrected chi connectivity index (χ1v) is 9.66. The number of phenolic OH excluding ortho intramolecular Hbond substituents is 1. The highest BCUT2D eigenvalue weighted by molar-refractivity contribution is 7.73. The van der Waals surface area contributed by atoms with Crippen molar-refractivity contribution >= 4 is 34.4 Å². The molecular formula is C17H25N5OS2. The van der Waals surface area contributed by atoms with E-state index in [0.29, 0.717) is 12.4 Å². The Labute approximate surface area is 157 Å². The van der Waals surface area contributed by atoms with Crippen LogP contribution >= 0.6 is 23.6 Å². The van der Waals surface area contributed by atoms with Crippen molar-refractivity contribution in [3.05, 3.63) is 28.2 Å². The Hall–Kier alpha value is -1.64. The first-order chi connectivity index (χ1) is 11.8. The highest BCUT2D eigenvalue weighted by Crippen LogP contribution is 2.27. The monoisotopic (exact) mass is 379 g/mol. The van der Waals surface area contributed by atoms with Gasteiger partial charge in [-0.15, -0.1) is 5.10 Å². The van der Waals surface area contributed by atoms with E-state index in [-0.39, 0.29) is 5.54 Å². The van der Waals surface area contributed by atoms with Crippen LogP contribution in [0.4, 0.5) is 10.8 Å². The summed E-state index contributed by atoms with van der Waals surface area (Å²) < 4.78 is 2.68. The van der Waals surface area contributed by atoms with Crippen molar-refractivity contribution in [2.24, 2.45) is 0 Å². The molecule has 1 aliphatic rings. The zero-order chi connectivity index (χ0) is 18.0. The highest BCUT2D eigenvalue weighted by atomic mass is 32.1. The van der Waals surface area contributed by atoms with E-state index in [0.717, 1.165) is 41.0 Å². The zero-order valence-corrected chi connectivity index (χ0v) is 16.5. The maximum Gasteiger partial charge on any atom is 0.205 e. The van der Waals surface area contributed by atoms with Gasteiger partial charge in [-0.1, -0.05) is 23.5 Å². The van der Waals surface area contributed by atoms with Crippen LogP contribution < -0.4 is 10.2 Å². The van der Waals surface area contributed by atoms with E-state index in [1.165, 1.54) is 11.3 Å². The lowest BCUT2D eigenvalue weighted by atomic mass is 10.1. The number of aromatic nitrogens is 2. The van der Waals surface area contributed by atoms with Crippen LogP contribution in [0.25, 0.3) is 0 Å². The van der Waals surface area contributed by atoms with Crippen LogP contribution in [0.3, 0.4) is 0 Å². The van der Waals surface area contributed by atoms with Gasteiger partial charge < -0.3 is 15.3 Å². The average molecular weight is 380 g/mol. The summed E-state index contributed by atoms with van der Waals surface area (Å²) in [6.45, 7) is 10.6. The Morgan fingerprint density at radius 3 is 2.52 bits per heavy atom. The van der Waals surface area contributed by atoms with Gasteiger partial charge in [-0.05, 0) is 45.1 Å². The molecule has 3 rings (SSSR count). The number of phenols is 1. The molecule has 1 aromatic carbocycles. The third-order valence-electron chi connectivity index (χ3n) is 4.02. The SMILES string of the molecule is CC(C)(C)Nc1nn(CN2CCN(c3ccccc3O)CC2)c(=S)s1. The summed E-state index contributed by atoms with van der Waals surface area (Å²) in [6, 6.07) is 7.51. The van der Waals surface area contributed by atoms with E-state index in [9.17, 15) is 5.11 Å². The smallest absolute Gasteiger partial charge is 0.205 e. The second-order valence-electron chi connectivity index (χ2n) is 7.28. The number of benzene rings is 1. The Morgan fingerprint density at radius 1 is 1.20 bits per heavy atom. The van der Waals surface area contributed by atoms with E-state index >= 15 is 0 Å². The molecule has 0 atom stereocenters. The minimum Gasteiger partial charge on any atom is -0.506 e. The van der Waals surface area contributed by atoms with Crippen LogP contribution in [0.1, 0.15) is 20.8 Å². The molecule has 1 aliphatic heterocycles. The van der Waals surface area contributed by atoms with Gasteiger partial charge in [0.2, 0.25) is 5.13 Å². The number of anilines is 2. The number of piperazine rings is 1. The van der Waals surface area contributed by atoms with Gasteiger partial charge in [0.05, 0.1) is 12.4 Å². The summed E-state index contributed by atoms with van der Waals surface area (Å²) >= 11 is 6.97. The second-order valence-corrected chi connectivity index (χ2v) is 8.91. The third kappa shape index (κ3) is 4.71. The molecule has 0 saturated carbocycles. The van der Waals surface area contributed by atoms with Crippen LogP contribution in [0.15, 0.2) is 24.3 Å². The molecule has 136 valence electrons. The molecule has 0 bridgehead atoms. The van der Waals surface area contributed by atoms with Crippen molar-refractivity contribution in [2.75, 3.05) is 36.4 Å². The summed E-state index contributed by atoms with van der Waals surface area (Å²) in [7, 11) is 0. The number of nitrogens with zero attached hydrogens (tertiary/aromatic N) is 4. The molecule has 1 aromatic heterocycles. The Bertz CT molecular complexity index is 772. The molecule has 0 aliphatic carbocycles. The van der Waals surface area contributed by atoms with E-state index in [1.807, 2.05) is 22.9 Å². The predicted octanol–water partition coefficient (Wildman–Crippen LogP) is 3.37. The normalized spacial score (nSPS) is 16.2. The van der Waals surface area contributed by atoms with Crippen molar-refractivity contribution < 1.29 is 5.11 Å². The maximum atomic E-state index is 10.0. The van der Waals surface area contributed by atoms with Gasteiger partial charge in [0, 0.05) is 31.7 Å². The lowest BCUT2D eigenvalue weighted by Crippen LogP contribution is -2.47. The predicted molar refractivity (Wildman–Crippen MR) is 106 cm³/mol. The fourth-order valence-electron chi connectivity index (χ4n) is 2.82. The number of aromatic hydroxyl groups is 1. The number of para-hydroxylation sites is 2. The largest absolute Gasteiger partial charge is 0.506 e. The number of nitrogens with one attached hydrogen (secondary N) is 1. The molecule has 2 heterocycles. The molecule has 0 amide bonds. The van der Waals surface area contributed by atoms with Crippen molar-refractivity contribution in [2.45, 2.75) is 33.0 Å². The van der Waals surface area contributed by atoms with E-state index in [1.54, 1.807) is 6.07 Å². The fraction of sp³-hybridized carbons (Fsp3) is 0.529. The lowest BCUT2D eigenvalue weighted by Gasteiger charge is -2.36. The molecule has 2 aromatic rings. The summed E-state index contributed by atoms with van der Waals surface area (Å²) in [5.74, 6) is 0.343. The molecule has 25 heavy (non-hydrogen) atoms. The quantitative estimate of drug-likeness (QED) is 0.795. The lowest BCUT2D eigenvalue weighted by molar-refractivity contribution is 0.195. The van der Waals surface area contributed by atoms with Gasteiger partial charge >= 0.3 is 0 Å². The van der Waals surface area contributed by atoms with Crippen LogP contribution in [0.2, 0.25) is 0 Å². The summed E-state index contributed by atoms with van der Waals surface area (Å²) in [6.07, 6.45) is 0. The van der Waals surface area contributed by atoms with Crippen LogP contribution in [0, 0.1) is 3.95 Å². The summed E-state index contributed by atoms with van der Waals surface area (Å²) in [5.41, 5.74) is 0.880. The first-order valence-electron chi connectivity index (χ1n) is 8.43. The van der Waals surface area contributed by atoms with Gasteiger partial charge in [-0.2, -0.15) is 0 Å². The average Bonchev–Trinajstić information content (AvgIpc) is 2.86. The maximum absolute atomic E-state index is 10.0. The molecule has 2 N–H and O–H groups in total. The number of rotatable bonds is 4. The fourth-order valence-corrected chi connectivity index (χ4v) is 4.02. The van der Waals surface area contributed by atoms with Gasteiger partial charge in [-0.3, -0.25) is 4.90 Å². The standard InChI is InChI=1S/C17H25N5OS2/c1-17(2,3)18-15-19-22(16(24)25-15)12-20-8-10-21(11-9-20)13-6-4-5-7-14(13)23/h4-7,23H,8-12H2,1-3H3,(H,18,19). The summed E-state index contributed by atoms with van der Waals surface area (Å²) in [4.78, 5) is 4.56. The second kappa shape index (κ2) is 7.31. The molecular weight excluding hydrogens is 354 g/mol. The topological polar surface area (TPSA) is 56.6 Å². The van der Waals surface area contributed by atoms with Crippen LogP contribution in [-0.4, -0.2) is 51.5 Å². The van der Waals surface area contributed by atoms with Gasteiger partial charge in [0.15, 0.2) is 3.95 Å². The zero-order valence-electron chi connectivity index (χ0n) is 14.9. The van der Waals surface area contributed by atoms with Gasteiger partial charge in [-0.25, -0.2) is 4.68 Å². The molecule has 1 saturated heterocycles. The molecule has 0 spiro atoms. The minimum absolute atomic E-state index is 0.0270. The van der Waals surface area contributed by atoms with Crippen molar-refractivity contribution in [3.8, 4) is 5.75 Å². The Kier molecular flexibility index (Phi) is 5.31. The number of hydrogen-bond donors (Lipinski definition) is 2. The van der Waals surface area contributed by atoms with Gasteiger partial charge in [0.25, 0.3) is 0 Å². The van der Waals surface area contributed by atoms with Crippen LogP contribution in [-0.2, 0) is 6.67 Å². The first kappa shape index (κ1) is 18.2. The summed E-state index contributed by atoms with van der Waals surface area (Å²) in [5, 5.41) is 18.9. The van der Waals surface area contributed by atoms with E-state index < -0.39 is 0 Å². The van der Waals surface area contributed by atoms with Gasteiger partial charge in [0.1, 0.15) is 5.75 Å². The molecule has 6 nitrogen and oxygen atoms in total. The Balaban J connectivity index is 1.59. The van der Waals surface area contributed by atoms with E-state index in [2.05, 4.69) is 41.0 Å². The van der Waals surface area contributed by atoms with E-state index in [4.69, 9.17) is 12.2 Å².